The van der Waals surface area contributed by atoms with Crippen molar-refractivity contribution >= 4 is 23.2 Å². The minimum absolute atomic E-state index is 0.00611. The molecule has 1 aliphatic carbocycles. The quantitative estimate of drug-likeness (QED) is 0.779. The predicted molar refractivity (Wildman–Crippen MR) is 78.6 cm³/mol. The average molecular weight is 309 g/mol. The van der Waals surface area contributed by atoms with Crippen molar-refractivity contribution in [3.63, 3.8) is 0 Å². The molecule has 1 aliphatic heterocycles. The Hall–Kier alpha value is -1.40. The van der Waals surface area contributed by atoms with Crippen molar-refractivity contribution in [2.75, 3.05) is 26.8 Å². The van der Waals surface area contributed by atoms with E-state index in [-0.39, 0.29) is 12.5 Å². The summed E-state index contributed by atoms with van der Waals surface area (Å²) >= 11 is 1.60. The molecule has 0 spiro atoms. The van der Waals surface area contributed by atoms with Gasteiger partial charge in [-0.25, -0.2) is 4.79 Å². The number of nitrogens with zero attached hydrogens (tertiary/aromatic N) is 1. The van der Waals surface area contributed by atoms with E-state index in [1.807, 2.05) is 6.07 Å². The zero-order valence-electron chi connectivity index (χ0n) is 12.1. The number of carbonyl (C=O) groups is 2. The van der Waals surface area contributed by atoms with Crippen molar-refractivity contribution in [3.8, 4) is 0 Å². The fourth-order valence-corrected chi connectivity index (χ4v) is 4.08. The van der Waals surface area contributed by atoms with Crippen LogP contribution in [0.15, 0.2) is 6.07 Å². The van der Waals surface area contributed by atoms with Crippen LogP contribution in [0.3, 0.4) is 0 Å². The smallest absolute Gasteiger partial charge is 0.336 e. The molecule has 0 N–H and O–H groups in total. The molecule has 0 bridgehead atoms. The first-order valence-electron chi connectivity index (χ1n) is 7.29. The van der Waals surface area contributed by atoms with Crippen LogP contribution in [0.5, 0.6) is 0 Å². The molecule has 5 nitrogen and oxygen atoms in total. The summed E-state index contributed by atoms with van der Waals surface area (Å²) in [6, 6.07) is 2.03. The Morgan fingerprint density at radius 3 is 2.95 bits per heavy atom. The fraction of sp³-hybridized carbons (Fsp3) is 0.600. The lowest BCUT2D eigenvalue weighted by molar-refractivity contribution is -0.158. The topological polar surface area (TPSA) is 55.8 Å². The summed E-state index contributed by atoms with van der Waals surface area (Å²) < 4.78 is 10.1. The molecule has 1 saturated heterocycles. The highest BCUT2D eigenvalue weighted by Crippen LogP contribution is 2.30. The SMILES string of the molecule is COC(=O)C1CN(C(=O)c2cc3c(s2)CCCC3)CCO1. The van der Waals surface area contributed by atoms with Crippen LogP contribution in [0.4, 0.5) is 0 Å². The number of hydrogen-bond donors (Lipinski definition) is 0. The van der Waals surface area contributed by atoms with Crippen LogP contribution < -0.4 is 0 Å². The first-order valence-corrected chi connectivity index (χ1v) is 8.11. The largest absolute Gasteiger partial charge is 0.467 e. The lowest BCUT2D eigenvalue weighted by Crippen LogP contribution is -2.48. The molecule has 3 rings (SSSR count). The molecule has 1 aromatic heterocycles. The molecule has 21 heavy (non-hydrogen) atoms. The van der Waals surface area contributed by atoms with Crippen LogP contribution in [0.25, 0.3) is 0 Å². The van der Waals surface area contributed by atoms with Gasteiger partial charge in [0.2, 0.25) is 0 Å². The maximum Gasteiger partial charge on any atom is 0.336 e. The zero-order chi connectivity index (χ0) is 14.8. The molecule has 114 valence electrons. The Balaban J connectivity index is 1.72. The second kappa shape index (κ2) is 6.15. The molecule has 1 atom stereocenters. The van der Waals surface area contributed by atoms with Gasteiger partial charge >= 0.3 is 5.97 Å². The number of fused-ring (bicyclic) bond motifs is 1. The molecular weight excluding hydrogens is 290 g/mol. The molecule has 1 aromatic rings. The number of carbonyl (C=O) groups excluding carboxylic acids is 2. The maximum atomic E-state index is 12.6. The summed E-state index contributed by atoms with van der Waals surface area (Å²) in [6.07, 6.45) is 3.92. The van der Waals surface area contributed by atoms with Gasteiger partial charge in [0.05, 0.1) is 25.1 Å². The third kappa shape index (κ3) is 2.96. The number of hydrogen-bond acceptors (Lipinski definition) is 5. The standard InChI is InChI=1S/C15H19NO4S/c1-19-15(18)11-9-16(6-7-20-11)14(17)13-8-10-4-2-3-5-12(10)21-13/h8,11H,2-7,9H2,1H3. The number of ether oxygens (including phenoxy) is 2. The Morgan fingerprint density at radius 1 is 1.38 bits per heavy atom. The molecule has 6 heteroatoms. The van der Waals surface area contributed by atoms with Gasteiger partial charge in [-0.2, -0.15) is 0 Å². The van der Waals surface area contributed by atoms with Crippen molar-refractivity contribution in [3.05, 3.63) is 21.4 Å². The van der Waals surface area contributed by atoms with Gasteiger partial charge in [-0.1, -0.05) is 0 Å². The van der Waals surface area contributed by atoms with Crippen LogP contribution in [0.1, 0.15) is 33.0 Å². The van der Waals surface area contributed by atoms with Gasteiger partial charge < -0.3 is 14.4 Å². The van der Waals surface area contributed by atoms with Crippen LogP contribution in [-0.2, 0) is 27.1 Å². The summed E-state index contributed by atoms with van der Waals surface area (Å²) in [5.74, 6) is -0.412. The Kier molecular flexibility index (Phi) is 4.26. The van der Waals surface area contributed by atoms with E-state index < -0.39 is 12.1 Å². The van der Waals surface area contributed by atoms with Gasteiger partial charge in [0.1, 0.15) is 0 Å². The summed E-state index contributed by atoms with van der Waals surface area (Å²) in [4.78, 5) is 28.0. The highest BCUT2D eigenvalue weighted by molar-refractivity contribution is 7.14. The summed E-state index contributed by atoms with van der Waals surface area (Å²) in [5.41, 5.74) is 1.33. The van der Waals surface area contributed by atoms with E-state index in [4.69, 9.17) is 9.47 Å². The van der Waals surface area contributed by atoms with Gasteiger partial charge in [-0.15, -0.1) is 11.3 Å². The highest BCUT2D eigenvalue weighted by atomic mass is 32.1. The fourth-order valence-electron chi connectivity index (χ4n) is 2.86. The first kappa shape index (κ1) is 14.5. The second-order valence-electron chi connectivity index (χ2n) is 5.40. The number of esters is 1. The summed E-state index contributed by atoms with van der Waals surface area (Å²) in [7, 11) is 1.33. The van der Waals surface area contributed by atoms with Gasteiger partial charge in [0, 0.05) is 11.4 Å². The van der Waals surface area contributed by atoms with Gasteiger partial charge in [0.25, 0.3) is 5.91 Å². The third-order valence-corrected chi connectivity index (χ3v) is 5.25. The van der Waals surface area contributed by atoms with Gasteiger partial charge in [-0.05, 0) is 37.3 Å². The van der Waals surface area contributed by atoms with E-state index >= 15 is 0 Å². The summed E-state index contributed by atoms with van der Waals surface area (Å²) in [5, 5.41) is 0. The maximum absolute atomic E-state index is 12.6. The molecule has 0 saturated carbocycles. The van der Waals surface area contributed by atoms with Crippen molar-refractivity contribution in [2.24, 2.45) is 0 Å². The third-order valence-electron chi connectivity index (χ3n) is 4.03. The van der Waals surface area contributed by atoms with Crippen molar-refractivity contribution in [1.82, 2.24) is 4.90 Å². The molecule has 1 fully saturated rings. The number of methoxy groups -OCH3 is 1. The number of thiophene rings is 1. The van der Waals surface area contributed by atoms with Crippen LogP contribution >= 0.6 is 11.3 Å². The minimum Gasteiger partial charge on any atom is -0.467 e. The number of morpholine rings is 1. The van der Waals surface area contributed by atoms with E-state index in [0.29, 0.717) is 13.2 Å². The van der Waals surface area contributed by atoms with E-state index in [1.54, 1.807) is 16.2 Å². The molecule has 0 aromatic carbocycles. The van der Waals surface area contributed by atoms with Crippen molar-refractivity contribution < 1.29 is 19.1 Å². The predicted octanol–water partition coefficient (Wildman–Crippen LogP) is 1.64. The van der Waals surface area contributed by atoms with E-state index in [9.17, 15) is 9.59 Å². The Morgan fingerprint density at radius 2 is 2.19 bits per heavy atom. The number of aryl methyl sites for hydroxylation is 2. The van der Waals surface area contributed by atoms with Gasteiger partial charge in [-0.3, -0.25) is 4.79 Å². The lowest BCUT2D eigenvalue weighted by atomic mass is 9.99. The monoisotopic (exact) mass is 309 g/mol. The lowest BCUT2D eigenvalue weighted by Gasteiger charge is -2.31. The van der Waals surface area contributed by atoms with Crippen LogP contribution in [0, 0.1) is 0 Å². The van der Waals surface area contributed by atoms with E-state index in [0.717, 1.165) is 17.7 Å². The van der Waals surface area contributed by atoms with E-state index in [2.05, 4.69) is 0 Å². The number of amides is 1. The molecule has 2 heterocycles. The molecule has 0 radical (unpaired) electrons. The molecule has 1 unspecified atom stereocenters. The number of rotatable bonds is 2. The Labute approximate surface area is 127 Å². The van der Waals surface area contributed by atoms with Crippen molar-refractivity contribution in [2.45, 2.75) is 31.8 Å². The molecule has 1 amide bonds. The molecule has 2 aliphatic rings. The Bertz CT molecular complexity index is 530. The van der Waals surface area contributed by atoms with Crippen LogP contribution in [-0.4, -0.2) is 49.7 Å². The van der Waals surface area contributed by atoms with Gasteiger partial charge in [0.15, 0.2) is 6.10 Å². The van der Waals surface area contributed by atoms with Crippen LogP contribution in [0.2, 0.25) is 0 Å². The second-order valence-corrected chi connectivity index (χ2v) is 6.54. The first-order chi connectivity index (χ1) is 10.2. The average Bonchev–Trinajstić information content (AvgIpc) is 2.97. The van der Waals surface area contributed by atoms with Crippen molar-refractivity contribution in [1.29, 1.82) is 0 Å². The zero-order valence-corrected chi connectivity index (χ0v) is 12.9. The normalized spacial score (nSPS) is 21.8. The highest BCUT2D eigenvalue weighted by Gasteiger charge is 2.31. The summed E-state index contributed by atoms with van der Waals surface area (Å²) in [6.45, 7) is 1.17. The van der Waals surface area contributed by atoms with E-state index in [1.165, 1.54) is 30.4 Å². The molecular formula is C15H19NO4S. The minimum atomic E-state index is -0.665.